The highest BCUT2D eigenvalue weighted by Gasteiger charge is 1.99. The van der Waals surface area contributed by atoms with Crippen LogP contribution in [0.2, 0.25) is 0 Å². The average Bonchev–Trinajstić information content (AvgIpc) is 2.36. The molecule has 0 unspecified atom stereocenters. The van der Waals surface area contributed by atoms with Crippen molar-refractivity contribution >= 4 is 10.0 Å². The lowest BCUT2D eigenvalue weighted by Crippen LogP contribution is -2.30. The van der Waals surface area contributed by atoms with Crippen LogP contribution in [-0.4, -0.2) is 34.4 Å². The van der Waals surface area contributed by atoms with E-state index in [2.05, 4.69) is 17.0 Å². The van der Waals surface area contributed by atoms with Crippen LogP contribution in [-0.2, 0) is 16.6 Å². The van der Waals surface area contributed by atoms with Gasteiger partial charge in [-0.25, -0.2) is 13.1 Å². The minimum Gasteiger partial charge on any atom is -0.494 e. The number of rotatable bonds is 9. The van der Waals surface area contributed by atoms with Crippen molar-refractivity contribution in [2.45, 2.75) is 19.9 Å². The van der Waals surface area contributed by atoms with Gasteiger partial charge in [0, 0.05) is 19.6 Å². The summed E-state index contributed by atoms with van der Waals surface area (Å²) in [5, 5.41) is 3.17. The van der Waals surface area contributed by atoms with Gasteiger partial charge < -0.3 is 10.1 Å². The number of hydrogen-bond donors (Lipinski definition) is 2. The van der Waals surface area contributed by atoms with Gasteiger partial charge in [0.25, 0.3) is 0 Å². The highest BCUT2D eigenvalue weighted by atomic mass is 32.2. The van der Waals surface area contributed by atoms with Gasteiger partial charge in [-0.15, -0.1) is 0 Å². The van der Waals surface area contributed by atoms with Gasteiger partial charge in [0.15, 0.2) is 0 Å². The fourth-order valence-electron chi connectivity index (χ4n) is 1.48. The Morgan fingerprint density at radius 2 is 1.84 bits per heavy atom. The molecule has 5 nitrogen and oxygen atoms in total. The third kappa shape index (κ3) is 7.81. The van der Waals surface area contributed by atoms with Gasteiger partial charge in [-0.1, -0.05) is 19.1 Å². The third-order valence-corrected chi connectivity index (χ3v) is 3.12. The van der Waals surface area contributed by atoms with Crippen molar-refractivity contribution in [1.29, 1.82) is 0 Å². The van der Waals surface area contributed by atoms with Crippen LogP contribution >= 0.6 is 0 Å². The molecule has 2 N–H and O–H groups in total. The summed E-state index contributed by atoms with van der Waals surface area (Å²) in [5.74, 6) is 0.879. The van der Waals surface area contributed by atoms with Crippen LogP contribution in [0.1, 0.15) is 18.9 Å². The van der Waals surface area contributed by atoms with Crippen molar-refractivity contribution < 1.29 is 13.2 Å². The van der Waals surface area contributed by atoms with Crippen molar-refractivity contribution in [3.63, 3.8) is 0 Å². The number of hydrogen-bond acceptors (Lipinski definition) is 4. The molecule has 0 aliphatic carbocycles. The van der Waals surface area contributed by atoms with E-state index < -0.39 is 10.0 Å². The fraction of sp³-hybridized carbons (Fsp3) is 0.538. The lowest BCUT2D eigenvalue weighted by molar-refractivity contribution is 0.317. The normalized spacial score (nSPS) is 11.5. The number of ether oxygens (including phenoxy) is 1. The van der Waals surface area contributed by atoms with Gasteiger partial charge in [0.1, 0.15) is 5.75 Å². The molecular formula is C13H22N2O3S. The van der Waals surface area contributed by atoms with Gasteiger partial charge in [-0.3, -0.25) is 0 Å². The first-order valence-electron chi connectivity index (χ1n) is 6.38. The lowest BCUT2D eigenvalue weighted by Gasteiger charge is -2.07. The van der Waals surface area contributed by atoms with Gasteiger partial charge in [0.2, 0.25) is 10.0 Å². The molecule has 0 fully saturated rings. The Morgan fingerprint density at radius 1 is 1.16 bits per heavy atom. The highest BCUT2D eigenvalue weighted by Crippen LogP contribution is 2.12. The molecule has 0 radical (unpaired) electrons. The molecule has 0 saturated heterocycles. The van der Waals surface area contributed by atoms with Crippen LogP contribution in [0.3, 0.4) is 0 Å². The zero-order valence-corrected chi connectivity index (χ0v) is 12.3. The van der Waals surface area contributed by atoms with E-state index in [4.69, 9.17) is 4.74 Å². The highest BCUT2D eigenvalue weighted by molar-refractivity contribution is 7.88. The Hall–Kier alpha value is -1.11. The quantitative estimate of drug-likeness (QED) is 0.667. The number of sulfonamides is 1. The minimum atomic E-state index is -3.09. The second-order valence-corrected chi connectivity index (χ2v) is 6.17. The maximum atomic E-state index is 10.8. The van der Waals surface area contributed by atoms with E-state index in [0.717, 1.165) is 30.6 Å². The smallest absolute Gasteiger partial charge is 0.208 e. The molecule has 0 spiro atoms. The molecular weight excluding hydrogens is 264 g/mol. The first-order valence-corrected chi connectivity index (χ1v) is 8.27. The van der Waals surface area contributed by atoms with E-state index in [9.17, 15) is 8.42 Å². The standard InChI is InChI=1S/C13H22N2O3S/c1-3-10-18-13-6-4-12(5-7-13)11-14-8-9-15-19(2,16)17/h4-7,14-15H,3,8-11H2,1-2H3. The summed E-state index contributed by atoms with van der Waals surface area (Å²) in [5.41, 5.74) is 1.14. The molecule has 0 saturated carbocycles. The van der Waals surface area contributed by atoms with Crippen LogP contribution in [0.4, 0.5) is 0 Å². The molecule has 1 rings (SSSR count). The number of benzene rings is 1. The molecule has 108 valence electrons. The van der Waals surface area contributed by atoms with Gasteiger partial charge >= 0.3 is 0 Å². The van der Waals surface area contributed by atoms with E-state index in [1.54, 1.807) is 0 Å². The summed E-state index contributed by atoms with van der Waals surface area (Å²) in [6.07, 6.45) is 2.15. The molecule has 19 heavy (non-hydrogen) atoms. The Bertz CT molecular complexity index is 457. The van der Waals surface area contributed by atoms with Crippen LogP contribution < -0.4 is 14.8 Å². The Labute approximate surface area is 115 Å². The SMILES string of the molecule is CCCOc1ccc(CNCCNS(C)(=O)=O)cc1. The summed E-state index contributed by atoms with van der Waals surface area (Å²) in [6.45, 7) is 4.51. The first-order chi connectivity index (χ1) is 9.01. The summed E-state index contributed by atoms with van der Waals surface area (Å²) >= 11 is 0. The summed E-state index contributed by atoms with van der Waals surface area (Å²) in [4.78, 5) is 0. The molecule has 0 heterocycles. The second-order valence-electron chi connectivity index (χ2n) is 4.34. The molecule has 0 aromatic heterocycles. The fourth-order valence-corrected chi connectivity index (χ4v) is 1.95. The molecule has 0 atom stereocenters. The molecule has 0 amide bonds. The van der Waals surface area contributed by atoms with E-state index in [1.807, 2.05) is 24.3 Å². The van der Waals surface area contributed by atoms with Gasteiger partial charge in [0.05, 0.1) is 12.9 Å². The Morgan fingerprint density at radius 3 is 2.42 bits per heavy atom. The summed E-state index contributed by atoms with van der Waals surface area (Å²) < 4.78 is 29.6. The summed E-state index contributed by atoms with van der Waals surface area (Å²) in [7, 11) is -3.09. The molecule has 0 bridgehead atoms. The topological polar surface area (TPSA) is 67.4 Å². The van der Waals surface area contributed by atoms with Crippen molar-refractivity contribution in [3.8, 4) is 5.75 Å². The van der Waals surface area contributed by atoms with Crippen LogP contribution in [0.15, 0.2) is 24.3 Å². The van der Waals surface area contributed by atoms with Crippen molar-refractivity contribution in [2.75, 3.05) is 26.0 Å². The minimum absolute atomic E-state index is 0.399. The van der Waals surface area contributed by atoms with Crippen LogP contribution in [0.25, 0.3) is 0 Å². The Balaban J connectivity index is 2.22. The van der Waals surface area contributed by atoms with E-state index in [1.165, 1.54) is 0 Å². The predicted molar refractivity (Wildman–Crippen MR) is 76.8 cm³/mol. The molecule has 1 aromatic carbocycles. The zero-order valence-electron chi connectivity index (χ0n) is 11.5. The monoisotopic (exact) mass is 286 g/mol. The molecule has 1 aromatic rings. The second kappa shape index (κ2) is 8.14. The van der Waals surface area contributed by atoms with E-state index >= 15 is 0 Å². The van der Waals surface area contributed by atoms with E-state index in [0.29, 0.717) is 19.6 Å². The molecule has 0 aliphatic rings. The lowest BCUT2D eigenvalue weighted by atomic mass is 10.2. The van der Waals surface area contributed by atoms with Crippen LogP contribution in [0, 0.1) is 0 Å². The van der Waals surface area contributed by atoms with Crippen molar-refractivity contribution in [1.82, 2.24) is 10.0 Å². The van der Waals surface area contributed by atoms with Crippen LogP contribution in [0.5, 0.6) is 5.75 Å². The van der Waals surface area contributed by atoms with Gasteiger partial charge in [-0.05, 0) is 24.1 Å². The first kappa shape index (κ1) is 15.9. The maximum absolute atomic E-state index is 10.8. The maximum Gasteiger partial charge on any atom is 0.208 e. The van der Waals surface area contributed by atoms with Gasteiger partial charge in [-0.2, -0.15) is 0 Å². The average molecular weight is 286 g/mol. The number of nitrogens with one attached hydrogen (secondary N) is 2. The van der Waals surface area contributed by atoms with E-state index in [-0.39, 0.29) is 0 Å². The largest absolute Gasteiger partial charge is 0.494 e. The summed E-state index contributed by atoms with van der Waals surface area (Å²) in [6, 6.07) is 7.90. The molecule has 6 heteroatoms. The molecule has 0 aliphatic heterocycles. The van der Waals surface area contributed by atoms with Crippen molar-refractivity contribution in [3.05, 3.63) is 29.8 Å². The predicted octanol–water partition coefficient (Wildman–Crippen LogP) is 1.11. The van der Waals surface area contributed by atoms with Crippen molar-refractivity contribution in [2.24, 2.45) is 0 Å². The Kier molecular flexibility index (Phi) is 6.83. The third-order valence-electron chi connectivity index (χ3n) is 2.39. The zero-order chi connectivity index (χ0) is 14.1.